The second-order valence-electron chi connectivity index (χ2n) is 6.04. The Morgan fingerprint density at radius 3 is 2.48 bits per heavy atom. The van der Waals surface area contributed by atoms with Crippen molar-refractivity contribution >= 4 is 10.9 Å². The second-order valence-corrected chi connectivity index (χ2v) is 6.04. The van der Waals surface area contributed by atoms with Gasteiger partial charge in [-0.05, 0) is 23.6 Å². The highest BCUT2D eigenvalue weighted by Crippen LogP contribution is 2.21. The van der Waals surface area contributed by atoms with E-state index in [0.717, 1.165) is 5.52 Å². The van der Waals surface area contributed by atoms with Gasteiger partial charge in [-0.15, -0.1) is 0 Å². The second kappa shape index (κ2) is 6.75. The van der Waals surface area contributed by atoms with Gasteiger partial charge in [0.1, 0.15) is 5.82 Å². The highest BCUT2D eigenvalue weighted by atomic mass is 16.1. The van der Waals surface area contributed by atoms with Gasteiger partial charge in [-0.25, -0.2) is 4.98 Å². The number of fused-ring (bicyclic) bond motifs is 1. The largest absolute Gasteiger partial charge is 0.309 e. The molecule has 1 aromatic heterocycles. The molecule has 23 heavy (non-hydrogen) atoms. The Labute approximate surface area is 135 Å². The van der Waals surface area contributed by atoms with Crippen LogP contribution in [-0.2, 0) is 6.54 Å². The molecule has 0 spiro atoms. The summed E-state index contributed by atoms with van der Waals surface area (Å²) in [6.45, 7) is 4.89. The highest BCUT2D eigenvalue weighted by molar-refractivity contribution is 5.77. The third-order valence-electron chi connectivity index (χ3n) is 3.98. The molecule has 4 nitrogen and oxygen atoms in total. The van der Waals surface area contributed by atoms with E-state index in [0.29, 0.717) is 23.7 Å². The Bertz CT molecular complexity index is 840. The molecule has 0 saturated heterocycles. The summed E-state index contributed by atoms with van der Waals surface area (Å²) in [5.74, 6) is 1.10. The minimum atomic E-state index is -0.0896. The predicted molar refractivity (Wildman–Crippen MR) is 93.2 cm³/mol. The average Bonchev–Trinajstić information content (AvgIpc) is 2.56. The number of benzene rings is 2. The molecule has 0 radical (unpaired) electrons. The van der Waals surface area contributed by atoms with Crippen molar-refractivity contribution in [3.05, 3.63) is 76.3 Å². The molecule has 0 unspecified atom stereocenters. The lowest BCUT2D eigenvalue weighted by molar-refractivity contribution is 0.406. The van der Waals surface area contributed by atoms with Crippen LogP contribution in [0.15, 0.2) is 59.4 Å². The van der Waals surface area contributed by atoms with Gasteiger partial charge in [0.2, 0.25) is 0 Å². The monoisotopic (exact) mass is 307 g/mol. The van der Waals surface area contributed by atoms with E-state index in [1.165, 1.54) is 5.56 Å². The van der Waals surface area contributed by atoms with Crippen molar-refractivity contribution in [1.82, 2.24) is 15.3 Å². The Morgan fingerprint density at radius 1 is 1.04 bits per heavy atom. The van der Waals surface area contributed by atoms with Crippen LogP contribution in [0.3, 0.4) is 0 Å². The third kappa shape index (κ3) is 3.48. The molecule has 0 aliphatic carbocycles. The Hall–Kier alpha value is -2.46. The number of nitrogens with zero attached hydrogens (tertiary/aromatic N) is 1. The smallest absolute Gasteiger partial charge is 0.258 e. The van der Waals surface area contributed by atoms with E-state index in [2.05, 4.69) is 41.3 Å². The van der Waals surface area contributed by atoms with Crippen molar-refractivity contribution in [3.63, 3.8) is 0 Å². The van der Waals surface area contributed by atoms with Crippen molar-refractivity contribution in [2.75, 3.05) is 0 Å². The van der Waals surface area contributed by atoms with E-state index in [-0.39, 0.29) is 11.6 Å². The predicted octanol–water partition coefficient (Wildman–Crippen LogP) is 3.41. The Balaban J connectivity index is 1.83. The molecule has 3 rings (SSSR count). The number of nitrogens with one attached hydrogen (secondary N) is 2. The van der Waals surface area contributed by atoms with Gasteiger partial charge < -0.3 is 10.3 Å². The number of hydrogen-bond acceptors (Lipinski definition) is 3. The molecule has 2 aromatic carbocycles. The maximum atomic E-state index is 12.1. The van der Waals surface area contributed by atoms with Crippen molar-refractivity contribution in [2.24, 2.45) is 5.92 Å². The Kier molecular flexibility index (Phi) is 4.53. The van der Waals surface area contributed by atoms with Crippen LogP contribution < -0.4 is 10.9 Å². The van der Waals surface area contributed by atoms with Crippen molar-refractivity contribution in [3.8, 4) is 0 Å². The van der Waals surface area contributed by atoms with E-state index in [9.17, 15) is 4.79 Å². The van der Waals surface area contributed by atoms with Crippen LogP contribution in [0.1, 0.15) is 31.3 Å². The molecule has 3 aromatic rings. The number of rotatable bonds is 5. The molecule has 0 bridgehead atoms. The van der Waals surface area contributed by atoms with Gasteiger partial charge in [0.25, 0.3) is 5.56 Å². The van der Waals surface area contributed by atoms with Gasteiger partial charge in [-0.1, -0.05) is 56.3 Å². The summed E-state index contributed by atoms with van der Waals surface area (Å²) in [7, 11) is 0. The summed E-state index contributed by atoms with van der Waals surface area (Å²) < 4.78 is 0. The number of aromatic amines is 1. The van der Waals surface area contributed by atoms with Crippen LogP contribution >= 0.6 is 0 Å². The fourth-order valence-electron chi connectivity index (χ4n) is 2.82. The van der Waals surface area contributed by atoms with Crippen LogP contribution in [0.5, 0.6) is 0 Å². The van der Waals surface area contributed by atoms with Crippen molar-refractivity contribution < 1.29 is 0 Å². The zero-order valence-electron chi connectivity index (χ0n) is 13.4. The number of H-pyrrole nitrogens is 1. The molecule has 0 amide bonds. The van der Waals surface area contributed by atoms with Crippen LogP contribution in [0.25, 0.3) is 10.9 Å². The minimum absolute atomic E-state index is 0.0896. The van der Waals surface area contributed by atoms with Crippen LogP contribution in [0.2, 0.25) is 0 Å². The highest BCUT2D eigenvalue weighted by Gasteiger charge is 2.15. The first-order chi connectivity index (χ1) is 11.1. The maximum absolute atomic E-state index is 12.1. The molecule has 1 atom stereocenters. The maximum Gasteiger partial charge on any atom is 0.258 e. The number of aromatic nitrogens is 2. The van der Waals surface area contributed by atoms with E-state index in [4.69, 9.17) is 0 Å². The van der Waals surface area contributed by atoms with Gasteiger partial charge >= 0.3 is 0 Å². The fraction of sp³-hybridized carbons (Fsp3) is 0.263. The van der Waals surface area contributed by atoms with Crippen molar-refractivity contribution in [2.45, 2.75) is 26.4 Å². The standard InChI is InChI=1S/C19H21N3O/c1-13(2)18(14-8-4-3-5-9-14)20-12-17-21-16-11-7-6-10-15(16)19(23)22-17/h3-11,13,18,20H,12H2,1-2H3,(H,21,22,23)/t18-/m0/s1. The van der Waals surface area contributed by atoms with Gasteiger partial charge in [0.15, 0.2) is 0 Å². The molecule has 0 saturated carbocycles. The molecule has 0 aliphatic rings. The van der Waals surface area contributed by atoms with E-state index < -0.39 is 0 Å². The normalized spacial score (nSPS) is 12.7. The van der Waals surface area contributed by atoms with Gasteiger partial charge in [0, 0.05) is 6.04 Å². The summed E-state index contributed by atoms with van der Waals surface area (Å²) in [5.41, 5.74) is 1.88. The van der Waals surface area contributed by atoms with Crippen LogP contribution in [0.4, 0.5) is 0 Å². The fourth-order valence-corrected chi connectivity index (χ4v) is 2.82. The summed E-state index contributed by atoms with van der Waals surface area (Å²) in [6.07, 6.45) is 0. The van der Waals surface area contributed by atoms with E-state index in [1.807, 2.05) is 36.4 Å². The summed E-state index contributed by atoms with van der Waals surface area (Å²) in [5, 5.41) is 4.14. The van der Waals surface area contributed by atoms with Crippen LogP contribution in [0, 0.1) is 5.92 Å². The van der Waals surface area contributed by atoms with Crippen LogP contribution in [-0.4, -0.2) is 9.97 Å². The lowest BCUT2D eigenvalue weighted by Crippen LogP contribution is -2.27. The first kappa shape index (κ1) is 15.4. The zero-order valence-corrected chi connectivity index (χ0v) is 13.4. The lowest BCUT2D eigenvalue weighted by atomic mass is 9.96. The number of hydrogen-bond donors (Lipinski definition) is 2. The van der Waals surface area contributed by atoms with E-state index >= 15 is 0 Å². The lowest BCUT2D eigenvalue weighted by Gasteiger charge is -2.22. The molecule has 0 aliphatic heterocycles. The van der Waals surface area contributed by atoms with Gasteiger partial charge in [-0.3, -0.25) is 4.79 Å². The third-order valence-corrected chi connectivity index (χ3v) is 3.98. The zero-order chi connectivity index (χ0) is 16.2. The molecule has 1 heterocycles. The topological polar surface area (TPSA) is 57.8 Å². The Morgan fingerprint density at radius 2 is 1.74 bits per heavy atom. The quantitative estimate of drug-likeness (QED) is 0.759. The molecule has 2 N–H and O–H groups in total. The first-order valence-corrected chi connectivity index (χ1v) is 7.91. The van der Waals surface area contributed by atoms with Gasteiger partial charge in [0.05, 0.1) is 17.4 Å². The summed E-state index contributed by atoms with van der Waals surface area (Å²) in [4.78, 5) is 19.5. The molecular weight excluding hydrogens is 286 g/mol. The number of para-hydroxylation sites is 1. The summed E-state index contributed by atoms with van der Waals surface area (Å²) >= 11 is 0. The minimum Gasteiger partial charge on any atom is -0.309 e. The average molecular weight is 307 g/mol. The molecule has 4 heteroatoms. The van der Waals surface area contributed by atoms with Crippen molar-refractivity contribution in [1.29, 1.82) is 0 Å². The van der Waals surface area contributed by atoms with Gasteiger partial charge in [-0.2, -0.15) is 0 Å². The molecule has 0 fully saturated rings. The first-order valence-electron chi connectivity index (χ1n) is 7.91. The van der Waals surface area contributed by atoms with E-state index in [1.54, 1.807) is 6.07 Å². The molecule has 118 valence electrons. The molecular formula is C19H21N3O. The SMILES string of the molecule is CC(C)[C@H](NCc1nc2ccccc2c(=O)[nH]1)c1ccccc1. The summed E-state index contributed by atoms with van der Waals surface area (Å²) in [6, 6.07) is 18.0.